The van der Waals surface area contributed by atoms with Crippen LogP contribution in [0.2, 0.25) is 0 Å². The molecule has 0 aliphatic carbocycles. The third-order valence-electron chi connectivity index (χ3n) is 1.18. The van der Waals surface area contributed by atoms with Crippen molar-refractivity contribution >= 4 is 27.1 Å². The average molecular weight is 172 g/mol. The SMILES string of the molecule is Fc1ccc2c(c1)N=[S]S2. The van der Waals surface area contributed by atoms with Gasteiger partial charge in [-0.25, -0.2) is 4.39 Å². The minimum atomic E-state index is -0.217. The summed E-state index contributed by atoms with van der Waals surface area (Å²) in [7, 11) is 2.95. The van der Waals surface area contributed by atoms with E-state index in [9.17, 15) is 4.39 Å². The molecule has 0 unspecified atom stereocenters. The van der Waals surface area contributed by atoms with Crippen molar-refractivity contribution in [2.75, 3.05) is 0 Å². The number of rotatable bonds is 0. The minimum Gasteiger partial charge on any atom is -0.207 e. The van der Waals surface area contributed by atoms with Gasteiger partial charge < -0.3 is 0 Å². The van der Waals surface area contributed by atoms with Gasteiger partial charge in [0.05, 0.1) is 10.6 Å². The van der Waals surface area contributed by atoms with Crippen molar-refractivity contribution in [3.8, 4) is 0 Å². The topological polar surface area (TPSA) is 12.4 Å². The van der Waals surface area contributed by atoms with Crippen LogP contribution in [0.5, 0.6) is 0 Å². The zero-order valence-corrected chi connectivity index (χ0v) is 6.51. The molecule has 0 saturated carbocycles. The largest absolute Gasteiger partial charge is 0.207 e. The molecule has 0 aromatic heterocycles. The summed E-state index contributed by atoms with van der Waals surface area (Å²) in [5, 5.41) is 0. The molecule has 1 aliphatic rings. The van der Waals surface area contributed by atoms with Crippen LogP contribution in [0.25, 0.3) is 0 Å². The minimum absolute atomic E-state index is 0.217. The fourth-order valence-electron chi connectivity index (χ4n) is 0.731. The van der Waals surface area contributed by atoms with Gasteiger partial charge in [0.25, 0.3) is 0 Å². The van der Waals surface area contributed by atoms with E-state index < -0.39 is 0 Å². The van der Waals surface area contributed by atoms with Crippen LogP contribution in [0.1, 0.15) is 0 Å². The Morgan fingerprint density at radius 2 is 2.30 bits per heavy atom. The van der Waals surface area contributed by atoms with Gasteiger partial charge in [-0.15, -0.1) is 0 Å². The highest BCUT2D eigenvalue weighted by Crippen LogP contribution is 2.35. The van der Waals surface area contributed by atoms with E-state index in [1.807, 2.05) is 0 Å². The van der Waals surface area contributed by atoms with Crippen LogP contribution >= 0.6 is 10.8 Å². The van der Waals surface area contributed by atoms with Crippen molar-refractivity contribution < 1.29 is 4.39 Å². The predicted molar refractivity (Wildman–Crippen MR) is 41.7 cm³/mol. The van der Waals surface area contributed by atoms with E-state index in [0.717, 1.165) is 10.6 Å². The molecule has 0 atom stereocenters. The van der Waals surface area contributed by atoms with Gasteiger partial charge in [-0.2, -0.15) is 4.36 Å². The molecule has 2 rings (SSSR count). The van der Waals surface area contributed by atoms with Crippen molar-refractivity contribution in [3.63, 3.8) is 0 Å². The van der Waals surface area contributed by atoms with Crippen LogP contribution in [0, 0.1) is 5.82 Å². The van der Waals surface area contributed by atoms with Gasteiger partial charge in [-0.05, 0) is 22.9 Å². The summed E-state index contributed by atoms with van der Waals surface area (Å²) in [5.41, 5.74) is 0.759. The zero-order valence-electron chi connectivity index (χ0n) is 4.87. The number of hydrogen-bond acceptors (Lipinski definition) is 2. The van der Waals surface area contributed by atoms with Crippen LogP contribution in [-0.4, -0.2) is 0 Å². The first-order chi connectivity index (χ1) is 4.86. The number of benzene rings is 1. The summed E-state index contributed by atoms with van der Waals surface area (Å²) in [5.74, 6) is -0.217. The highest BCUT2D eigenvalue weighted by molar-refractivity contribution is 8.63. The van der Waals surface area contributed by atoms with Gasteiger partial charge in [-0.1, -0.05) is 0 Å². The van der Waals surface area contributed by atoms with Crippen LogP contribution < -0.4 is 0 Å². The Balaban J connectivity index is 2.60. The highest BCUT2D eigenvalue weighted by atomic mass is 33.1. The molecule has 0 saturated heterocycles. The normalized spacial score (nSPS) is 13.7. The Morgan fingerprint density at radius 3 is 3.20 bits per heavy atom. The van der Waals surface area contributed by atoms with Gasteiger partial charge in [0.1, 0.15) is 5.82 Å². The fraction of sp³-hybridized carbons (Fsp3) is 0. The summed E-state index contributed by atoms with van der Waals surface area (Å²) in [6.45, 7) is 0. The molecule has 0 fully saturated rings. The van der Waals surface area contributed by atoms with E-state index in [1.165, 1.54) is 22.7 Å². The molecule has 0 amide bonds. The molecule has 51 valence electrons. The van der Waals surface area contributed by atoms with Gasteiger partial charge in [0.2, 0.25) is 0 Å². The molecule has 1 aromatic carbocycles. The summed E-state index contributed by atoms with van der Waals surface area (Å²) in [4.78, 5) is 1.05. The first kappa shape index (κ1) is 6.24. The number of nitrogens with zero attached hydrogens (tertiary/aromatic N) is 1. The summed E-state index contributed by atoms with van der Waals surface area (Å²) >= 11 is 0. The predicted octanol–water partition coefficient (Wildman–Crippen LogP) is 2.74. The Morgan fingerprint density at radius 1 is 1.40 bits per heavy atom. The Kier molecular flexibility index (Phi) is 1.43. The lowest BCUT2D eigenvalue weighted by molar-refractivity contribution is 0.627. The zero-order chi connectivity index (χ0) is 6.97. The Bertz CT molecular complexity index is 298. The second-order valence-electron chi connectivity index (χ2n) is 1.86. The van der Waals surface area contributed by atoms with E-state index >= 15 is 0 Å². The monoisotopic (exact) mass is 172 g/mol. The number of hydrogen-bond donors (Lipinski definition) is 0. The smallest absolute Gasteiger partial charge is 0.125 e. The maximum Gasteiger partial charge on any atom is 0.125 e. The molecule has 0 N–H and O–H groups in total. The molecule has 1 radical (unpaired) electrons. The van der Waals surface area contributed by atoms with E-state index in [2.05, 4.69) is 4.36 Å². The lowest BCUT2D eigenvalue weighted by atomic mass is 10.3. The molecule has 1 heterocycles. The average Bonchev–Trinajstić information content (AvgIpc) is 2.33. The first-order valence-corrected chi connectivity index (χ1v) is 4.81. The second-order valence-corrected chi connectivity index (χ2v) is 3.75. The molecular weight excluding hydrogens is 169 g/mol. The van der Waals surface area contributed by atoms with Crippen molar-refractivity contribution in [1.82, 2.24) is 0 Å². The van der Waals surface area contributed by atoms with Crippen LogP contribution in [-0.2, 0) is 10.6 Å². The number of halogens is 1. The third kappa shape index (κ3) is 0.932. The highest BCUT2D eigenvalue weighted by Gasteiger charge is 2.07. The summed E-state index contributed by atoms with van der Waals surface area (Å²) in [6.07, 6.45) is 0. The molecule has 0 bridgehead atoms. The van der Waals surface area contributed by atoms with Crippen LogP contribution in [0.3, 0.4) is 0 Å². The van der Waals surface area contributed by atoms with Crippen LogP contribution in [0.4, 0.5) is 10.1 Å². The van der Waals surface area contributed by atoms with Gasteiger partial charge in [0, 0.05) is 16.7 Å². The molecule has 1 nitrogen and oxygen atoms in total. The first-order valence-electron chi connectivity index (χ1n) is 2.70. The quantitative estimate of drug-likeness (QED) is 0.548. The summed E-state index contributed by atoms with van der Waals surface area (Å²) < 4.78 is 16.5. The summed E-state index contributed by atoms with van der Waals surface area (Å²) in [6, 6.07) is 4.65. The van der Waals surface area contributed by atoms with Crippen molar-refractivity contribution in [3.05, 3.63) is 24.0 Å². The van der Waals surface area contributed by atoms with Crippen LogP contribution in [0.15, 0.2) is 27.5 Å². The molecule has 10 heavy (non-hydrogen) atoms. The maximum absolute atomic E-state index is 12.5. The van der Waals surface area contributed by atoms with Gasteiger partial charge in [0.15, 0.2) is 0 Å². The van der Waals surface area contributed by atoms with E-state index in [-0.39, 0.29) is 5.82 Å². The molecular formula is C6H3FNS2. The van der Waals surface area contributed by atoms with Gasteiger partial charge in [-0.3, -0.25) is 0 Å². The van der Waals surface area contributed by atoms with E-state index in [4.69, 9.17) is 0 Å². The van der Waals surface area contributed by atoms with E-state index in [0.29, 0.717) is 0 Å². The van der Waals surface area contributed by atoms with Crippen molar-refractivity contribution in [1.29, 1.82) is 0 Å². The Hall–Kier alpha value is -0.480. The molecule has 1 aromatic rings. The standard InChI is InChI=1S/C6H3FNS2/c7-4-1-2-6-5(3-4)8-10-9-6/h1-3H. The van der Waals surface area contributed by atoms with E-state index in [1.54, 1.807) is 16.9 Å². The second kappa shape index (κ2) is 2.29. The number of fused-ring (bicyclic) bond motifs is 1. The molecule has 4 heteroatoms. The lowest BCUT2D eigenvalue weighted by Gasteiger charge is -1.91. The maximum atomic E-state index is 12.5. The lowest BCUT2D eigenvalue weighted by Crippen LogP contribution is -1.71. The molecule has 1 aliphatic heterocycles. The molecule has 0 spiro atoms. The Labute approximate surface area is 65.2 Å². The third-order valence-corrected chi connectivity index (χ3v) is 3.04. The van der Waals surface area contributed by atoms with Crippen molar-refractivity contribution in [2.45, 2.75) is 4.90 Å². The van der Waals surface area contributed by atoms with Gasteiger partial charge >= 0.3 is 0 Å². The van der Waals surface area contributed by atoms with Crippen molar-refractivity contribution in [2.24, 2.45) is 4.36 Å². The fourth-order valence-corrected chi connectivity index (χ4v) is 2.47.